The molecule has 0 radical (unpaired) electrons. The number of fused-ring (bicyclic) bond motifs is 1. The molecule has 0 fully saturated rings. The van der Waals surface area contributed by atoms with Crippen molar-refractivity contribution in [2.45, 2.75) is 13.0 Å². The molecule has 0 saturated carbocycles. The van der Waals surface area contributed by atoms with Crippen LogP contribution in [0, 0.1) is 0 Å². The minimum atomic E-state index is -0.264. The third kappa shape index (κ3) is 2.88. The van der Waals surface area contributed by atoms with Crippen LogP contribution < -0.4 is 16.4 Å². The summed E-state index contributed by atoms with van der Waals surface area (Å²) >= 11 is 3.43. The summed E-state index contributed by atoms with van der Waals surface area (Å²) in [4.78, 5) is 11.8. The summed E-state index contributed by atoms with van der Waals surface area (Å²) in [5, 5.41) is 7.68. The number of rotatable bonds is 3. The van der Waals surface area contributed by atoms with Gasteiger partial charge >= 0.3 is 0 Å². The van der Waals surface area contributed by atoms with E-state index in [2.05, 4.69) is 26.6 Å². The molecule has 2 aromatic rings. The molecule has 2 aromatic carbocycles. The van der Waals surface area contributed by atoms with Gasteiger partial charge in [-0.1, -0.05) is 28.1 Å². The van der Waals surface area contributed by atoms with Gasteiger partial charge in [0.2, 0.25) is 5.91 Å². The Morgan fingerprint density at radius 3 is 2.74 bits per heavy atom. The van der Waals surface area contributed by atoms with Crippen molar-refractivity contribution < 1.29 is 4.79 Å². The Balaban J connectivity index is 2.38. The Labute approximate surface area is 120 Å². The first-order valence-corrected chi connectivity index (χ1v) is 6.78. The van der Waals surface area contributed by atoms with Gasteiger partial charge in [-0.3, -0.25) is 4.79 Å². The van der Waals surface area contributed by atoms with E-state index >= 15 is 0 Å². The summed E-state index contributed by atoms with van der Waals surface area (Å²) in [5.74, 6) is -0.106. The molecule has 0 spiro atoms. The average Bonchev–Trinajstić information content (AvgIpc) is 2.40. The average molecular weight is 322 g/mol. The summed E-state index contributed by atoms with van der Waals surface area (Å²) in [5.41, 5.74) is 7.33. The zero-order valence-electron chi connectivity index (χ0n) is 10.8. The smallest absolute Gasteiger partial charge is 0.241 e. The predicted octanol–water partition coefficient (Wildman–Crippen LogP) is 2.73. The molecule has 1 amide bonds. The van der Waals surface area contributed by atoms with Crippen molar-refractivity contribution in [3.8, 4) is 0 Å². The summed E-state index contributed by atoms with van der Waals surface area (Å²) < 4.78 is 1.000. The van der Waals surface area contributed by atoms with Crippen LogP contribution in [0.3, 0.4) is 0 Å². The summed E-state index contributed by atoms with van der Waals surface area (Å²) in [6, 6.07) is 9.36. The molecule has 4 nitrogen and oxygen atoms in total. The van der Waals surface area contributed by atoms with Crippen LogP contribution in [0.2, 0.25) is 0 Å². The molecule has 5 heteroatoms. The number of nitrogens with two attached hydrogens (primary N) is 1. The van der Waals surface area contributed by atoms with Gasteiger partial charge in [0, 0.05) is 9.86 Å². The van der Waals surface area contributed by atoms with Gasteiger partial charge in [-0.05, 0) is 37.6 Å². The number of carbonyl (C=O) groups excluding carboxylic acids is 1. The number of carbonyl (C=O) groups is 1. The molecule has 1 unspecified atom stereocenters. The number of amides is 1. The molecule has 0 aliphatic heterocycles. The van der Waals surface area contributed by atoms with Gasteiger partial charge in [0.25, 0.3) is 0 Å². The van der Waals surface area contributed by atoms with E-state index in [9.17, 15) is 4.79 Å². The Morgan fingerprint density at radius 1 is 1.32 bits per heavy atom. The number of likely N-dealkylation sites (N-methyl/N-ethyl adjacent to an activating group) is 1. The van der Waals surface area contributed by atoms with Crippen LogP contribution in [0.4, 0.5) is 11.4 Å². The van der Waals surface area contributed by atoms with Gasteiger partial charge in [0.15, 0.2) is 0 Å². The monoisotopic (exact) mass is 321 g/mol. The molecule has 0 saturated heterocycles. The lowest BCUT2D eigenvalue weighted by molar-refractivity contribution is -0.117. The number of halogens is 1. The fourth-order valence-electron chi connectivity index (χ4n) is 1.81. The molecule has 0 aliphatic rings. The second kappa shape index (κ2) is 5.59. The Kier molecular flexibility index (Phi) is 4.07. The van der Waals surface area contributed by atoms with Crippen molar-refractivity contribution in [2.24, 2.45) is 0 Å². The molecule has 0 heterocycles. The van der Waals surface area contributed by atoms with Crippen LogP contribution in [0.5, 0.6) is 0 Å². The van der Waals surface area contributed by atoms with Gasteiger partial charge in [-0.25, -0.2) is 0 Å². The Morgan fingerprint density at radius 2 is 2.05 bits per heavy atom. The van der Waals surface area contributed by atoms with Crippen LogP contribution in [0.1, 0.15) is 6.92 Å². The number of hydrogen-bond acceptors (Lipinski definition) is 3. The van der Waals surface area contributed by atoms with Crippen molar-refractivity contribution >= 4 is 44.0 Å². The second-order valence-electron chi connectivity index (χ2n) is 4.39. The van der Waals surface area contributed by atoms with Crippen LogP contribution >= 0.6 is 15.9 Å². The molecule has 0 aromatic heterocycles. The van der Waals surface area contributed by atoms with E-state index in [0.29, 0.717) is 11.4 Å². The Bertz CT molecular complexity index is 627. The SMILES string of the molecule is CNC(C)C(=O)Nc1ccc2cc(Br)ccc2c1N. The number of nitrogen functional groups attached to an aromatic ring is 1. The second-order valence-corrected chi connectivity index (χ2v) is 5.31. The van der Waals surface area contributed by atoms with Gasteiger partial charge < -0.3 is 16.4 Å². The molecule has 2 rings (SSSR count). The van der Waals surface area contributed by atoms with Crippen molar-refractivity contribution in [1.82, 2.24) is 5.32 Å². The minimum absolute atomic E-state index is 0.106. The fourth-order valence-corrected chi connectivity index (χ4v) is 2.18. The lowest BCUT2D eigenvalue weighted by Crippen LogP contribution is -2.35. The maximum absolute atomic E-state index is 11.8. The van der Waals surface area contributed by atoms with Crippen LogP contribution in [-0.2, 0) is 4.79 Å². The topological polar surface area (TPSA) is 67.2 Å². The standard InChI is InChI=1S/C14H16BrN3O/c1-8(17-2)14(19)18-12-6-3-9-7-10(15)4-5-11(9)13(12)16/h3-8,17H,16H2,1-2H3,(H,18,19). The third-order valence-corrected chi connectivity index (χ3v) is 3.60. The minimum Gasteiger partial charge on any atom is -0.397 e. The van der Waals surface area contributed by atoms with E-state index in [1.807, 2.05) is 30.3 Å². The highest BCUT2D eigenvalue weighted by Gasteiger charge is 2.12. The summed E-state index contributed by atoms with van der Waals surface area (Å²) in [6.07, 6.45) is 0. The van der Waals surface area contributed by atoms with E-state index in [1.165, 1.54) is 0 Å². The molecular formula is C14H16BrN3O. The lowest BCUT2D eigenvalue weighted by Gasteiger charge is -2.14. The zero-order chi connectivity index (χ0) is 14.0. The fraction of sp³-hybridized carbons (Fsp3) is 0.214. The van der Waals surface area contributed by atoms with E-state index in [4.69, 9.17) is 5.73 Å². The highest BCUT2D eigenvalue weighted by molar-refractivity contribution is 9.10. The van der Waals surface area contributed by atoms with E-state index < -0.39 is 0 Å². The van der Waals surface area contributed by atoms with Gasteiger partial charge in [-0.2, -0.15) is 0 Å². The first-order chi connectivity index (χ1) is 9.02. The number of hydrogen-bond donors (Lipinski definition) is 3. The van der Waals surface area contributed by atoms with Gasteiger partial charge in [0.1, 0.15) is 0 Å². The molecule has 100 valence electrons. The third-order valence-electron chi connectivity index (χ3n) is 3.11. The first kappa shape index (κ1) is 13.8. The highest BCUT2D eigenvalue weighted by Crippen LogP contribution is 2.30. The van der Waals surface area contributed by atoms with Crippen LogP contribution in [0.25, 0.3) is 10.8 Å². The highest BCUT2D eigenvalue weighted by atomic mass is 79.9. The largest absolute Gasteiger partial charge is 0.397 e. The number of nitrogens with one attached hydrogen (secondary N) is 2. The number of anilines is 2. The quantitative estimate of drug-likeness (QED) is 0.761. The first-order valence-electron chi connectivity index (χ1n) is 5.99. The normalized spacial score (nSPS) is 12.4. The zero-order valence-corrected chi connectivity index (χ0v) is 12.4. The maximum Gasteiger partial charge on any atom is 0.241 e. The van der Waals surface area contributed by atoms with Crippen molar-refractivity contribution in [1.29, 1.82) is 0 Å². The molecule has 1 atom stereocenters. The van der Waals surface area contributed by atoms with Crippen LogP contribution in [0.15, 0.2) is 34.8 Å². The molecule has 0 bridgehead atoms. The van der Waals surface area contributed by atoms with Crippen molar-refractivity contribution in [3.63, 3.8) is 0 Å². The summed E-state index contributed by atoms with van der Waals surface area (Å²) in [6.45, 7) is 1.80. The van der Waals surface area contributed by atoms with E-state index in [1.54, 1.807) is 14.0 Å². The van der Waals surface area contributed by atoms with Crippen molar-refractivity contribution in [2.75, 3.05) is 18.1 Å². The van der Waals surface area contributed by atoms with Crippen LogP contribution in [-0.4, -0.2) is 19.0 Å². The molecular weight excluding hydrogens is 306 g/mol. The molecule has 19 heavy (non-hydrogen) atoms. The lowest BCUT2D eigenvalue weighted by atomic mass is 10.1. The Hall–Kier alpha value is -1.59. The van der Waals surface area contributed by atoms with E-state index in [0.717, 1.165) is 15.2 Å². The van der Waals surface area contributed by atoms with Crippen molar-refractivity contribution in [3.05, 3.63) is 34.8 Å². The van der Waals surface area contributed by atoms with E-state index in [-0.39, 0.29) is 11.9 Å². The molecule has 4 N–H and O–H groups in total. The number of benzene rings is 2. The predicted molar refractivity (Wildman–Crippen MR) is 83.2 cm³/mol. The summed E-state index contributed by atoms with van der Waals surface area (Å²) in [7, 11) is 1.74. The van der Waals surface area contributed by atoms with Gasteiger partial charge in [0.05, 0.1) is 17.4 Å². The van der Waals surface area contributed by atoms with Gasteiger partial charge in [-0.15, -0.1) is 0 Å². The maximum atomic E-state index is 11.8. The molecule has 0 aliphatic carbocycles.